The number of pyridine rings is 1. The van der Waals surface area contributed by atoms with Crippen LogP contribution >= 0.6 is 0 Å². The van der Waals surface area contributed by atoms with Crippen molar-refractivity contribution in [2.45, 2.75) is 44.1 Å². The van der Waals surface area contributed by atoms with Crippen LogP contribution in [0.3, 0.4) is 0 Å². The van der Waals surface area contributed by atoms with Crippen LogP contribution in [0.2, 0.25) is 0 Å². The third-order valence-electron chi connectivity index (χ3n) is 6.79. The number of anilines is 2. The number of amides is 1. The average molecular weight is 392 g/mol. The van der Waals surface area contributed by atoms with Gasteiger partial charge in [0.05, 0.1) is 16.8 Å². The van der Waals surface area contributed by atoms with Crippen molar-refractivity contribution in [3.63, 3.8) is 0 Å². The van der Waals surface area contributed by atoms with Gasteiger partial charge in [0, 0.05) is 23.2 Å². The van der Waals surface area contributed by atoms with Gasteiger partial charge in [-0.15, -0.1) is 0 Å². The Balaban J connectivity index is 1.23. The second kappa shape index (κ2) is 6.83. The Bertz CT molecular complexity index is 904. The summed E-state index contributed by atoms with van der Waals surface area (Å²) in [6.07, 6.45) is 9.62. The Morgan fingerprint density at radius 1 is 1.00 bits per heavy atom. The lowest BCUT2D eigenvalue weighted by atomic mass is 9.53. The van der Waals surface area contributed by atoms with Gasteiger partial charge in [0.15, 0.2) is 0 Å². The number of nitrogens with zero attached hydrogens (tertiary/aromatic N) is 2. The number of carbonyl (C=O) groups excluding carboxylic acids is 1. The van der Waals surface area contributed by atoms with E-state index in [1.807, 2.05) is 12.1 Å². The number of nitro benzene ring substituents is 1. The second-order valence-electron chi connectivity index (χ2n) is 9.01. The summed E-state index contributed by atoms with van der Waals surface area (Å²) >= 11 is 0. The van der Waals surface area contributed by atoms with Crippen molar-refractivity contribution in [1.29, 1.82) is 0 Å². The molecule has 7 nitrogen and oxygen atoms in total. The van der Waals surface area contributed by atoms with E-state index in [4.69, 9.17) is 0 Å². The zero-order chi connectivity index (χ0) is 20.0. The van der Waals surface area contributed by atoms with Crippen LogP contribution in [0.5, 0.6) is 0 Å². The first-order valence-corrected chi connectivity index (χ1v) is 10.3. The second-order valence-corrected chi connectivity index (χ2v) is 9.01. The van der Waals surface area contributed by atoms with E-state index in [9.17, 15) is 14.9 Å². The molecule has 0 atom stereocenters. The first-order valence-electron chi connectivity index (χ1n) is 10.3. The quantitative estimate of drug-likeness (QED) is 0.571. The Morgan fingerprint density at radius 3 is 2.14 bits per heavy atom. The molecule has 1 aromatic carbocycles. The SMILES string of the molecule is O=C(Nc1ccc(NC23CC4CC(CC(C4)C2)C3)nc1)c1ccc([N+](=O)[O-])cc1. The van der Waals surface area contributed by atoms with E-state index in [1.165, 1.54) is 62.8 Å². The first kappa shape index (κ1) is 18.1. The van der Waals surface area contributed by atoms with Gasteiger partial charge >= 0.3 is 0 Å². The molecular weight excluding hydrogens is 368 g/mol. The highest BCUT2D eigenvalue weighted by Crippen LogP contribution is 2.56. The monoisotopic (exact) mass is 392 g/mol. The van der Waals surface area contributed by atoms with Crippen LogP contribution in [-0.4, -0.2) is 21.4 Å². The van der Waals surface area contributed by atoms with E-state index in [2.05, 4.69) is 15.6 Å². The highest BCUT2D eigenvalue weighted by Gasteiger charge is 2.51. The first-order chi connectivity index (χ1) is 14.0. The molecule has 0 spiro atoms. The summed E-state index contributed by atoms with van der Waals surface area (Å²) < 4.78 is 0. The number of non-ortho nitro benzene ring substituents is 1. The standard InChI is InChI=1S/C22H24N4O3/c27-21(17-1-4-19(5-2-17)26(28)29)24-18-3-6-20(23-13-18)25-22-10-14-7-15(11-22)9-16(8-14)12-22/h1-6,13-16H,7-12H2,(H,23,25)(H,24,27). The van der Waals surface area contributed by atoms with Crippen LogP contribution in [0, 0.1) is 27.9 Å². The minimum atomic E-state index is -0.485. The molecular formula is C22H24N4O3. The maximum atomic E-state index is 12.4. The molecule has 0 aliphatic heterocycles. The van der Waals surface area contributed by atoms with Gasteiger partial charge in [-0.05, 0) is 80.5 Å². The molecule has 1 heterocycles. The molecule has 0 unspecified atom stereocenters. The van der Waals surface area contributed by atoms with E-state index in [1.54, 1.807) is 6.20 Å². The Kier molecular flexibility index (Phi) is 4.26. The fourth-order valence-corrected chi connectivity index (χ4v) is 6.01. The molecule has 150 valence electrons. The molecule has 4 aliphatic rings. The number of nitro groups is 1. The zero-order valence-corrected chi connectivity index (χ0v) is 16.1. The number of rotatable bonds is 5. The van der Waals surface area contributed by atoms with Gasteiger partial charge in [-0.25, -0.2) is 4.98 Å². The predicted octanol–water partition coefficient (Wildman–Crippen LogP) is 4.62. The smallest absolute Gasteiger partial charge is 0.269 e. The summed E-state index contributed by atoms with van der Waals surface area (Å²) in [6.45, 7) is 0. The normalized spacial score (nSPS) is 29.4. The van der Waals surface area contributed by atoms with Crippen LogP contribution in [0.1, 0.15) is 48.9 Å². The molecule has 4 fully saturated rings. The molecule has 29 heavy (non-hydrogen) atoms. The molecule has 4 saturated carbocycles. The van der Waals surface area contributed by atoms with Crippen LogP contribution in [0.15, 0.2) is 42.6 Å². The van der Waals surface area contributed by atoms with Gasteiger partial charge < -0.3 is 10.6 Å². The summed E-state index contributed by atoms with van der Waals surface area (Å²) in [6, 6.07) is 9.31. The Labute approximate surface area is 169 Å². The number of benzene rings is 1. The van der Waals surface area contributed by atoms with Crippen molar-refractivity contribution in [1.82, 2.24) is 4.98 Å². The third kappa shape index (κ3) is 3.57. The van der Waals surface area contributed by atoms with Gasteiger partial charge in [-0.3, -0.25) is 14.9 Å². The molecule has 6 rings (SSSR count). The molecule has 1 amide bonds. The van der Waals surface area contributed by atoms with E-state index < -0.39 is 4.92 Å². The molecule has 4 aliphatic carbocycles. The van der Waals surface area contributed by atoms with Crippen molar-refractivity contribution >= 4 is 23.1 Å². The van der Waals surface area contributed by atoms with Crippen molar-refractivity contribution in [3.05, 3.63) is 58.3 Å². The average Bonchev–Trinajstić information content (AvgIpc) is 2.68. The van der Waals surface area contributed by atoms with Gasteiger partial charge in [-0.2, -0.15) is 0 Å². The fraction of sp³-hybridized carbons (Fsp3) is 0.455. The maximum Gasteiger partial charge on any atom is 0.269 e. The van der Waals surface area contributed by atoms with Crippen LogP contribution in [-0.2, 0) is 0 Å². The molecule has 1 aromatic heterocycles. The van der Waals surface area contributed by atoms with Gasteiger partial charge in [0.2, 0.25) is 0 Å². The van der Waals surface area contributed by atoms with E-state index in [-0.39, 0.29) is 17.1 Å². The van der Waals surface area contributed by atoms with Crippen LogP contribution in [0.4, 0.5) is 17.2 Å². The predicted molar refractivity (Wildman–Crippen MR) is 110 cm³/mol. The third-order valence-corrected chi connectivity index (χ3v) is 6.79. The van der Waals surface area contributed by atoms with E-state index in [0.717, 1.165) is 23.6 Å². The number of aromatic nitrogens is 1. The Morgan fingerprint density at radius 2 is 1.62 bits per heavy atom. The molecule has 0 saturated heterocycles. The summed E-state index contributed by atoms with van der Waals surface area (Å²) in [5.74, 6) is 3.15. The molecule has 2 N–H and O–H groups in total. The van der Waals surface area contributed by atoms with E-state index in [0.29, 0.717) is 11.3 Å². The largest absolute Gasteiger partial charge is 0.365 e. The van der Waals surface area contributed by atoms with Crippen molar-refractivity contribution in [2.24, 2.45) is 17.8 Å². The van der Waals surface area contributed by atoms with E-state index >= 15 is 0 Å². The van der Waals surface area contributed by atoms with Gasteiger partial charge in [-0.1, -0.05) is 0 Å². The lowest BCUT2D eigenvalue weighted by Crippen LogP contribution is -2.54. The highest BCUT2D eigenvalue weighted by atomic mass is 16.6. The fourth-order valence-electron chi connectivity index (χ4n) is 6.01. The number of nitrogens with one attached hydrogen (secondary N) is 2. The summed E-state index contributed by atoms with van der Waals surface area (Å²) in [5, 5.41) is 17.2. The minimum Gasteiger partial charge on any atom is -0.365 e. The molecule has 4 bridgehead atoms. The van der Waals surface area contributed by atoms with Gasteiger partial charge in [0.1, 0.15) is 5.82 Å². The maximum absolute atomic E-state index is 12.4. The summed E-state index contributed by atoms with van der Waals surface area (Å²) in [5.41, 5.74) is 1.13. The van der Waals surface area contributed by atoms with Crippen molar-refractivity contribution < 1.29 is 9.72 Å². The molecule has 0 radical (unpaired) electrons. The van der Waals surface area contributed by atoms with Crippen molar-refractivity contribution in [2.75, 3.05) is 10.6 Å². The summed E-state index contributed by atoms with van der Waals surface area (Å²) in [7, 11) is 0. The van der Waals surface area contributed by atoms with Crippen LogP contribution in [0.25, 0.3) is 0 Å². The zero-order valence-electron chi connectivity index (χ0n) is 16.1. The number of hydrogen-bond acceptors (Lipinski definition) is 5. The molecule has 7 heteroatoms. The summed E-state index contributed by atoms with van der Waals surface area (Å²) in [4.78, 5) is 27.1. The lowest BCUT2D eigenvalue weighted by Gasteiger charge is -2.57. The van der Waals surface area contributed by atoms with Crippen molar-refractivity contribution in [3.8, 4) is 0 Å². The van der Waals surface area contributed by atoms with Crippen LogP contribution < -0.4 is 10.6 Å². The van der Waals surface area contributed by atoms with Gasteiger partial charge in [0.25, 0.3) is 11.6 Å². The number of hydrogen-bond donors (Lipinski definition) is 2. The highest BCUT2D eigenvalue weighted by molar-refractivity contribution is 6.04. The minimum absolute atomic E-state index is 0.0386. The Hall–Kier alpha value is -2.96. The topological polar surface area (TPSA) is 97.2 Å². The molecule has 2 aromatic rings. The number of carbonyl (C=O) groups is 1. The lowest BCUT2D eigenvalue weighted by molar-refractivity contribution is -0.384.